The van der Waals surface area contributed by atoms with E-state index >= 15 is 0 Å². The number of carbonyl (C=O) groups excluding carboxylic acids is 2. The van der Waals surface area contributed by atoms with Crippen molar-refractivity contribution in [3.63, 3.8) is 0 Å². The fourth-order valence-corrected chi connectivity index (χ4v) is 3.50. The highest BCUT2D eigenvalue weighted by atomic mass is 16.5. The normalized spacial score (nSPS) is 16.8. The minimum Gasteiger partial charge on any atom is -0.503 e. The molecule has 0 fully saturated rings. The van der Waals surface area contributed by atoms with Crippen LogP contribution in [-0.2, 0) is 4.79 Å². The number of ketones is 1. The summed E-state index contributed by atoms with van der Waals surface area (Å²) in [5.41, 5.74) is 0.733. The summed E-state index contributed by atoms with van der Waals surface area (Å²) in [6.07, 6.45) is 2.09. The van der Waals surface area contributed by atoms with Crippen molar-refractivity contribution < 1.29 is 23.8 Å². The lowest BCUT2D eigenvalue weighted by atomic mass is 9.95. The molecule has 1 aromatic heterocycles. The third-order valence-electron chi connectivity index (χ3n) is 4.78. The Bertz CT molecular complexity index is 902. The summed E-state index contributed by atoms with van der Waals surface area (Å²) in [5, 5.41) is 10.6. The molecule has 7 heteroatoms. The maximum atomic E-state index is 13.1. The minimum atomic E-state index is -0.706. The fraction of sp³-hybridized carbons (Fsp3) is 0.364. The highest BCUT2D eigenvalue weighted by molar-refractivity contribution is 6.15. The van der Waals surface area contributed by atoms with Crippen LogP contribution < -0.4 is 4.74 Å². The Morgan fingerprint density at radius 2 is 2.07 bits per heavy atom. The van der Waals surface area contributed by atoms with Gasteiger partial charge in [-0.2, -0.15) is 0 Å². The van der Waals surface area contributed by atoms with E-state index in [1.54, 1.807) is 17.0 Å². The van der Waals surface area contributed by atoms with Gasteiger partial charge in [-0.3, -0.25) is 9.59 Å². The minimum absolute atomic E-state index is 0.0310. The molecular formula is C22H26N2O5. The number of rotatable bonds is 9. The van der Waals surface area contributed by atoms with Gasteiger partial charge in [0.2, 0.25) is 5.78 Å². The summed E-state index contributed by atoms with van der Waals surface area (Å²) < 4.78 is 10.8. The number of hydrogen-bond acceptors (Lipinski definition) is 6. The zero-order valence-electron chi connectivity index (χ0n) is 16.9. The SMILES string of the molecule is CCOc1cccc([C@H]2C(C(=O)c3ccco3)=C(O)C(=O)N2CCCN(C)C)c1. The van der Waals surface area contributed by atoms with Gasteiger partial charge in [0.05, 0.1) is 24.5 Å². The highest BCUT2D eigenvalue weighted by Gasteiger charge is 2.44. The first-order valence-electron chi connectivity index (χ1n) is 9.63. The number of hydrogen-bond donors (Lipinski definition) is 1. The molecule has 154 valence electrons. The number of furan rings is 1. The van der Waals surface area contributed by atoms with Gasteiger partial charge in [0.25, 0.3) is 5.91 Å². The Hall–Kier alpha value is -3.06. The first-order valence-corrected chi connectivity index (χ1v) is 9.63. The molecule has 0 unspecified atom stereocenters. The molecular weight excluding hydrogens is 372 g/mol. The van der Waals surface area contributed by atoms with E-state index < -0.39 is 23.5 Å². The maximum absolute atomic E-state index is 13.1. The molecule has 0 spiro atoms. The quantitative estimate of drug-likeness (QED) is 0.653. The van der Waals surface area contributed by atoms with Crippen molar-refractivity contribution >= 4 is 11.7 Å². The van der Waals surface area contributed by atoms with Gasteiger partial charge in [0.1, 0.15) is 5.75 Å². The third-order valence-corrected chi connectivity index (χ3v) is 4.78. The van der Waals surface area contributed by atoms with E-state index in [9.17, 15) is 14.7 Å². The van der Waals surface area contributed by atoms with Crippen LogP contribution in [0.2, 0.25) is 0 Å². The summed E-state index contributed by atoms with van der Waals surface area (Å²) in [6.45, 7) is 3.56. The number of nitrogens with zero attached hydrogens (tertiary/aromatic N) is 2. The number of ether oxygens (including phenoxy) is 1. The predicted molar refractivity (Wildman–Crippen MR) is 108 cm³/mol. The van der Waals surface area contributed by atoms with Crippen molar-refractivity contribution in [2.24, 2.45) is 0 Å². The summed E-state index contributed by atoms with van der Waals surface area (Å²) in [4.78, 5) is 29.5. The molecule has 1 aliphatic heterocycles. The summed E-state index contributed by atoms with van der Waals surface area (Å²) in [7, 11) is 3.91. The average molecular weight is 398 g/mol. The van der Waals surface area contributed by atoms with Gasteiger partial charge in [0.15, 0.2) is 11.5 Å². The Labute approximate surface area is 170 Å². The lowest BCUT2D eigenvalue weighted by molar-refractivity contribution is -0.129. The molecule has 2 aromatic rings. The van der Waals surface area contributed by atoms with E-state index in [1.165, 1.54) is 12.3 Å². The van der Waals surface area contributed by atoms with Crippen LogP contribution in [0.15, 0.2) is 58.4 Å². The largest absolute Gasteiger partial charge is 0.503 e. The second kappa shape index (κ2) is 8.96. The van der Waals surface area contributed by atoms with E-state index in [4.69, 9.17) is 9.15 Å². The zero-order valence-corrected chi connectivity index (χ0v) is 16.9. The molecule has 1 amide bonds. The van der Waals surface area contributed by atoms with Crippen LogP contribution in [-0.4, -0.2) is 60.4 Å². The molecule has 29 heavy (non-hydrogen) atoms. The van der Waals surface area contributed by atoms with Gasteiger partial charge in [-0.15, -0.1) is 0 Å². The Balaban J connectivity index is 2.01. The van der Waals surface area contributed by atoms with E-state index in [1.807, 2.05) is 44.1 Å². The van der Waals surface area contributed by atoms with Gasteiger partial charge < -0.3 is 24.1 Å². The van der Waals surface area contributed by atoms with Gasteiger partial charge >= 0.3 is 0 Å². The molecule has 7 nitrogen and oxygen atoms in total. The molecule has 0 aliphatic carbocycles. The topological polar surface area (TPSA) is 83.2 Å². The Kier molecular flexibility index (Phi) is 6.39. The standard InChI is InChI=1S/C22H26N2O5/c1-4-28-16-9-5-8-15(14-16)19-18(20(25)17-10-6-13-29-17)21(26)22(27)24(19)12-7-11-23(2)3/h5-6,8-10,13-14,19,26H,4,7,11-12H2,1-3H3/t19-/m0/s1. The second-order valence-corrected chi connectivity index (χ2v) is 7.13. The maximum Gasteiger partial charge on any atom is 0.290 e. The lowest BCUT2D eigenvalue weighted by Crippen LogP contribution is -2.33. The first-order chi connectivity index (χ1) is 13.9. The van der Waals surface area contributed by atoms with E-state index in [2.05, 4.69) is 0 Å². The molecule has 0 radical (unpaired) electrons. The van der Waals surface area contributed by atoms with Crippen molar-refractivity contribution in [1.82, 2.24) is 9.80 Å². The summed E-state index contributed by atoms with van der Waals surface area (Å²) >= 11 is 0. The average Bonchev–Trinajstić information content (AvgIpc) is 3.31. The first kappa shape index (κ1) is 20.7. The van der Waals surface area contributed by atoms with Gasteiger partial charge in [0, 0.05) is 6.54 Å². The molecule has 0 saturated carbocycles. The molecule has 1 aliphatic rings. The molecule has 1 atom stereocenters. The monoisotopic (exact) mass is 398 g/mol. The van der Waals surface area contributed by atoms with Crippen molar-refractivity contribution in [3.8, 4) is 5.75 Å². The Morgan fingerprint density at radius 1 is 1.28 bits per heavy atom. The molecule has 0 saturated heterocycles. The van der Waals surface area contributed by atoms with Crippen molar-refractivity contribution in [3.05, 3.63) is 65.3 Å². The molecule has 0 bridgehead atoms. The van der Waals surface area contributed by atoms with Crippen LogP contribution in [0, 0.1) is 0 Å². The fourth-order valence-electron chi connectivity index (χ4n) is 3.50. The number of carbonyl (C=O) groups is 2. The van der Waals surface area contributed by atoms with Crippen molar-refractivity contribution in [2.75, 3.05) is 33.8 Å². The van der Waals surface area contributed by atoms with Crippen molar-refractivity contribution in [1.29, 1.82) is 0 Å². The van der Waals surface area contributed by atoms with Crippen molar-refractivity contribution in [2.45, 2.75) is 19.4 Å². The van der Waals surface area contributed by atoms with Gasteiger partial charge in [-0.1, -0.05) is 12.1 Å². The second-order valence-electron chi connectivity index (χ2n) is 7.13. The molecule has 1 aromatic carbocycles. The van der Waals surface area contributed by atoms with Gasteiger partial charge in [-0.25, -0.2) is 0 Å². The Morgan fingerprint density at radius 3 is 2.72 bits per heavy atom. The number of aliphatic hydroxyl groups is 1. The van der Waals surface area contributed by atoms with Crippen LogP contribution in [0.25, 0.3) is 0 Å². The highest BCUT2D eigenvalue weighted by Crippen LogP contribution is 2.40. The third kappa shape index (κ3) is 4.35. The van der Waals surface area contributed by atoms with E-state index in [-0.39, 0.29) is 11.3 Å². The predicted octanol–water partition coefficient (Wildman–Crippen LogP) is 3.21. The van der Waals surface area contributed by atoms with Crippen LogP contribution in [0.1, 0.15) is 35.5 Å². The smallest absolute Gasteiger partial charge is 0.290 e. The lowest BCUT2D eigenvalue weighted by Gasteiger charge is -2.27. The summed E-state index contributed by atoms with van der Waals surface area (Å²) in [6, 6.07) is 9.67. The van der Waals surface area contributed by atoms with Crippen LogP contribution in [0.5, 0.6) is 5.75 Å². The van der Waals surface area contributed by atoms with Crippen LogP contribution in [0.3, 0.4) is 0 Å². The van der Waals surface area contributed by atoms with E-state index in [0.29, 0.717) is 30.9 Å². The zero-order chi connectivity index (χ0) is 21.0. The van der Waals surface area contributed by atoms with Crippen LogP contribution >= 0.6 is 0 Å². The molecule has 2 heterocycles. The van der Waals surface area contributed by atoms with Gasteiger partial charge in [-0.05, 0) is 63.8 Å². The number of benzene rings is 1. The van der Waals surface area contributed by atoms with E-state index in [0.717, 1.165) is 6.54 Å². The molecule has 1 N–H and O–H groups in total. The summed E-state index contributed by atoms with van der Waals surface area (Å²) in [5.74, 6) is -0.848. The number of amides is 1. The van der Waals surface area contributed by atoms with Crippen LogP contribution in [0.4, 0.5) is 0 Å². The molecule has 3 rings (SSSR count). The number of aliphatic hydroxyl groups excluding tert-OH is 1. The number of Topliss-reactive ketones (excluding diaryl/α,β-unsaturated/α-hetero) is 1.